The van der Waals surface area contributed by atoms with E-state index in [2.05, 4.69) is 27.1 Å². The van der Waals surface area contributed by atoms with E-state index in [1.807, 2.05) is 54.8 Å². The normalized spacial score (nSPS) is 11.3. The second-order valence-corrected chi connectivity index (χ2v) is 9.47. The predicted octanol–water partition coefficient (Wildman–Crippen LogP) is 6.26. The largest absolute Gasteiger partial charge is 0.411 e. The lowest BCUT2D eigenvalue weighted by Crippen LogP contribution is -2.10. The average molecular weight is 481 g/mol. The van der Waals surface area contributed by atoms with E-state index in [9.17, 15) is 4.79 Å². The minimum Gasteiger partial charge on any atom is -0.411 e. The molecule has 0 atom stereocenters. The molecule has 0 amide bonds. The Morgan fingerprint density at radius 2 is 1.94 bits per heavy atom. The van der Waals surface area contributed by atoms with Crippen molar-refractivity contribution in [3.8, 4) is 22.6 Å². The number of H-pyrrole nitrogens is 1. The Kier molecular flexibility index (Phi) is 5.58. The van der Waals surface area contributed by atoms with Crippen LogP contribution in [0.5, 0.6) is 0 Å². The number of fused-ring (bicyclic) bond motifs is 1. The molecule has 160 valence electrons. The first-order chi connectivity index (χ1) is 15.5. The summed E-state index contributed by atoms with van der Waals surface area (Å²) >= 11 is 9.08. The Hall–Kier alpha value is -2.94. The molecular weight excluding hydrogens is 464 g/mol. The molecule has 0 saturated carbocycles. The lowest BCUT2D eigenvalue weighted by molar-refractivity contribution is 0.465. The van der Waals surface area contributed by atoms with Crippen LogP contribution >= 0.6 is 34.7 Å². The zero-order valence-corrected chi connectivity index (χ0v) is 19.6. The number of benzene rings is 2. The molecule has 0 unspecified atom stereocenters. The summed E-state index contributed by atoms with van der Waals surface area (Å²) in [6.07, 6.45) is 0. The van der Waals surface area contributed by atoms with E-state index in [1.54, 1.807) is 0 Å². The number of aromatic nitrogens is 4. The lowest BCUT2D eigenvalue weighted by atomic mass is 10.1. The third-order valence-electron chi connectivity index (χ3n) is 5.15. The van der Waals surface area contributed by atoms with Gasteiger partial charge in [-0.25, -0.2) is 4.98 Å². The van der Waals surface area contributed by atoms with Gasteiger partial charge in [0.05, 0.1) is 11.1 Å². The summed E-state index contributed by atoms with van der Waals surface area (Å²) in [5.41, 5.74) is 4.67. The molecule has 2 aromatic carbocycles. The van der Waals surface area contributed by atoms with Gasteiger partial charge in [-0.1, -0.05) is 47.6 Å². The minimum atomic E-state index is -0.192. The smallest absolute Gasteiger partial charge is 0.277 e. The number of nitrogens with one attached hydrogen (secondary N) is 1. The molecule has 9 heteroatoms. The Labute approximate surface area is 196 Å². The monoisotopic (exact) mass is 480 g/mol. The molecule has 0 bridgehead atoms. The molecule has 0 aliphatic heterocycles. The van der Waals surface area contributed by atoms with Crippen molar-refractivity contribution in [2.45, 2.75) is 24.8 Å². The highest BCUT2D eigenvalue weighted by Crippen LogP contribution is 2.35. The summed E-state index contributed by atoms with van der Waals surface area (Å²) in [7, 11) is 0. The van der Waals surface area contributed by atoms with Gasteiger partial charge in [-0.15, -0.1) is 21.5 Å². The highest BCUT2D eigenvalue weighted by molar-refractivity contribution is 7.98. The highest BCUT2D eigenvalue weighted by Gasteiger charge is 2.16. The van der Waals surface area contributed by atoms with E-state index >= 15 is 0 Å². The average Bonchev–Trinajstić information content (AvgIpc) is 3.42. The molecule has 6 nitrogen and oxygen atoms in total. The molecule has 0 aliphatic carbocycles. The molecule has 3 aromatic heterocycles. The fraction of sp³-hybridized carbons (Fsp3) is 0.130. The molecule has 0 fully saturated rings. The first kappa shape index (κ1) is 20.9. The third kappa shape index (κ3) is 3.97. The van der Waals surface area contributed by atoms with E-state index in [0.29, 0.717) is 37.9 Å². The Balaban J connectivity index is 1.38. The van der Waals surface area contributed by atoms with Crippen molar-refractivity contribution in [2.24, 2.45) is 0 Å². The van der Waals surface area contributed by atoms with Crippen LogP contribution in [0.4, 0.5) is 0 Å². The minimum absolute atomic E-state index is 0.192. The Morgan fingerprint density at radius 3 is 2.75 bits per heavy atom. The number of nitrogens with zero attached hydrogens (tertiary/aromatic N) is 3. The van der Waals surface area contributed by atoms with Crippen LogP contribution in [0.3, 0.4) is 0 Å². The van der Waals surface area contributed by atoms with Gasteiger partial charge in [0.15, 0.2) is 0 Å². The van der Waals surface area contributed by atoms with Gasteiger partial charge in [0.1, 0.15) is 10.7 Å². The lowest BCUT2D eigenvalue weighted by Gasteiger charge is -2.03. The number of aryl methyl sites for hydroxylation is 2. The summed E-state index contributed by atoms with van der Waals surface area (Å²) in [4.78, 5) is 21.0. The van der Waals surface area contributed by atoms with Crippen LogP contribution < -0.4 is 5.56 Å². The summed E-state index contributed by atoms with van der Waals surface area (Å²) < 4.78 is 5.79. The molecule has 0 spiro atoms. The Bertz CT molecular complexity index is 1510. The number of aromatic amines is 1. The molecule has 0 saturated heterocycles. The topological polar surface area (TPSA) is 84.7 Å². The van der Waals surface area contributed by atoms with Gasteiger partial charge in [-0.05, 0) is 43.2 Å². The van der Waals surface area contributed by atoms with Gasteiger partial charge >= 0.3 is 0 Å². The van der Waals surface area contributed by atoms with Crippen molar-refractivity contribution in [3.63, 3.8) is 0 Å². The summed E-state index contributed by atoms with van der Waals surface area (Å²) in [5, 5.41) is 11.7. The second-order valence-electron chi connectivity index (χ2n) is 7.28. The first-order valence-corrected chi connectivity index (χ1v) is 12.0. The number of thioether (sulfide) groups is 1. The van der Waals surface area contributed by atoms with E-state index in [-0.39, 0.29) is 5.56 Å². The van der Waals surface area contributed by atoms with Gasteiger partial charge in [-0.2, -0.15) is 0 Å². The third-order valence-corrected chi connectivity index (χ3v) is 7.18. The molecule has 1 N–H and O–H groups in total. The van der Waals surface area contributed by atoms with Crippen molar-refractivity contribution in [3.05, 3.63) is 80.2 Å². The number of hydrogen-bond donors (Lipinski definition) is 1. The van der Waals surface area contributed by atoms with Crippen LogP contribution in [-0.4, -0.2) is 20.2 Å². The maximum atomic E-state index is 12.8. The quantitative estimate of drug-likeness (QED) is 0.299. The van der Waals surface area contributed by atoms with E-state index in [4.69, 9.17) is 16.0 Å². The molecular formula is C23H17ClN4O2S2. The standard InChI is InChI=1S/C23H17ClN4O2S2/c1-12-7-8-14(9-13(12)2)21-27-28-23(30-21)32-11-18-25-20(29)19-16(10-31-22(19)26-18)15-5-3-4-6-17(15)24/h3-10H,11H2,1-2H3,(H,25,26,29). The van der Waals surface area contributed by atoms with Crippen LogP contribution in [0, 0.1) is 13.8 Å². The van der Waals surface area contributed by atoms with Gasteiger partial charge < -0.3 is 9.40 Å². The van der Waals surface area contributed by atoms with E-state index in [1.165, 1.54) is 28.7 Å². The van der Waals surface area contributed by atoms with Gasteiger partial charge in [0, 0.05) is 27.1 Å². The number of rotatable bonds is 5. The maximum Gasteiger partial charge on any atom is 0.277 e. The zero-order valence-electron chi connectivity index (χ0n) is 17.2. The summed E-state index contributed by atoms with van der Waals surface area (Å²) in [5.74, 6) is 1.42. The highest BCUT2D eigenvalue weighted by atomic mass is 35.5. The van der Waals surface area contributed by atoms with Crippen molar-refractivity contribution >= 4 is 44.9 Å². The zero-order chi connectivity index (χ0) is 22.2. The Morgan fingerprint density at radius 1 is 1.09 bits per heavy atom. The molecule has 5 aromatic rings. The number of thiophene rings is 1. The predicted molar refractivity (Wildman–Crippen MR) is 129 cm³/mol. The molecule has 5 rings (SSSR count). The van der Waals surface area contributed by atoms with Crippen molar-refractivity contribution < 1.29 is 4.42 Å². The van der Waals surface area contributed by atoms with E-state index < -0.39 is 0 Å². The van der Waals surface area contributed by atoms with Crippen LogP contribution in [-0.2, 0) is 5.75 Å². The molecule has 0 aliphatic rings. The summed E-state index contributed by atoms with van der Waals surface area (Å²) in [6.45, 7) is 4.11. The number of hydrogen-bond acceptors (Lipinski definition) is 7. The SMILES string of the molecule is Cc1ccc(-c2nnc(SCc3nc4scc(-c5ccccc5Cl)c4c(=O)[nH]3)o2)cc1C. The van der Waals surface area contributed by atoms with Crippen LogP contribution in [0.15, 0.2) is 62.3 Å². The fourth-order valence-corrected chi connectivity index (χ4v) is 5.16. The van der Waals surface area contributed by atoms with Gasteiger partial charge in [-0.3, -0.25) is 4.79 Å². The molecule has 3 heterocycles. The van der Waals surface area contributed by atoms with Crippen molar-refractivity contribution in [2.75, 3.05) is 0 Å². The summed E-state index contributed by atoms with van der Waals surface area (Å²) in [6, 6.07) is 13.5. The van der Waals surface area contributed by atoms with Crippen LogP contribution in [0.2, 0.25) is 5.02 Å². The molecule has 0 radical (unpaired) electrons. The maximum absolute atomic E-state index is 12.8. The fourth-order valence-electron chi connectivity index (χ4n) is 3.33. The van der Waals surface area contributed by atoms with Gasteiger partial charge in [0.2, 0.25) is 5.89 Å². The number of halogens is 1. The van der Waals surface area contributed by atoms with Crippen LogP contribution in [0.1, 0.15) is 17.0 Å². The van der Waals surface area contributed by atoms with Crippen molar-refractivity contribution in [1.29, 1.82) is 0 Å². The van der Waals surface area contributed by atoms with E-state index in [0.717, 1.165) is 22.3 Å². The van der Waals surface area contributed by atoms with Crippen LogP contribution in [0.25, 0.3) is 32.8 Å². The first-order valence-electron chi connectivity index (χ1n) is 9.79. The second kappa shape index (κ2) is 8.54. The van der Waals surface area contributed by atoms with Crippen molar-refractivity contribution in [1.82, 2.24) is 20.2 Å². The molecule has 32 heavy (non-hydrogen) atoms. The van der Waals surface area contributed by atoms with Gasteiger partial charge in [0.25, 0.3) is 10.8 Å².